The zero-order valence-corrected chi connectivity index (χ0v) is 14.6. The number of carbonyl (C=O) groups is 1. The molecule has 1 atom stereocenters. The Morgan fingerprint density at radius 1 is 1.23 bits per heavy atom. The monoisotopic (exact) mass is 353 g/mol. The molecule has 7 nitrogen and oxygen atoms in total. The Kier molecular flexibility index (Phi) is 4.22. The molecule has 1 N–H and O–H groups in total. The van der Waals surface area contributed by atoms with E-state index in [4.69, 9.17) is 13.9 Å². The first kappa shape index (κ1) is 16.4. The number of rotatable bonds is 6. The van der Waals surface area contributed by atoms with Crippen LogP contribution in [0.25, 0.3) is 11.3 Å². The molecule has 0 aliphatic carbocycles. The van der Waals surface area contributed by atoms with Gasteiger partial charge in [0.1, 0.15) is 23.2 Å². The van der Waals surface area contributed by atoms with Gasteiger partial charge in [0.05, 0.1) is 25.7 Å². The van der Waals surface area contributed by atoms with Crippen LogP contribution in [0.4, 0.5) is 0 Å². The van der Waals surface area contributed by atoms with Crippen LogP contribution >= 0.6 is 0 Å². The largest absolute Gasteiger partial charge is 0.497 e. The lowest BCUT2D eigenvalue weighted by atomic mass is 10.00. The van der Waals surface area contributed by atoms with Gasteiger partial charge in [0, 0.05) is 24.8 Å². The molecule has 1 amide bonds. The third-order valence-electron chi connectivity index (χ3n) is 4.58. The Hall–Kier alpha value is -3.06. The van der Waals surface area contributed by atoms with Crippen molar-refractivity contribution in [3.63, 3.8) is 0 Å². The highest BCUT2D eigenvalue weighted by Gasteiger charge is 2.43. The van der Waals surface area contributed by atoms with Crippen LogP contribution < -0.4 is 4.74 Å². The summed E-state index contributed by atoms with van der Waals surface area (Å²) in [6.07, 6.45) is 1.61. The van der Waals surface area contributed by atoms with Crippen molar-refractivity contribution in [3.8, 4) is 17.0 Å². The topological polar surface area (TPSA) is 80.6 Å². The van der Waals surface area contributed by atoms with Crippen LogP contribution in [-0.2, 0) is 4.74 Å². The summed E-state index contributed by atoms with van der Waals surface area (Å²) in [5.74, 6) is 1.36. The SMILES string of the molecule is COCCN1C(=O)c2[nH]nc(-c3ccc(OC)cc3)c2[C@@H]1c1ccco1. The van der Waals surface area contributed by atoms with Crippen LogP contribution in [0.15, 0.2) is 47.1 Å². The number of carbonyl (C=O) groups excluding carboxylic acids is 1. The number of hydrogen-bond acceptors (Lipinski definition) is 5. The van der Waals surface area contributed by atoms with Gasteiger partial charge in [-0.1, -0.05) is 0 Å². The van der Waals surface area contributed by atoms with Crippen molar-refractivity contribution < 1.29 is 18.7 Å². The number of nitrogens with zero attached hydrogens (tertiary/aromatic N) is 2. The van der Waals surface area contributed by atoms with Crippen molar-refractivity contribution in [2.45, 2.75) is 6.04 Å². The fourth-order valence-corrected chi connectivity index (χ4v) is 3.33. The lowest BCUT2D eigenvalue weighted by Gasteiger charge is -2.24. The van der Waals surface area contributed by atoms with Crippen LogP contribution in [0, 0.1) is 0 Å². The molecule has 134 valence electrons. The van der Waals surface area contributed by atoms with E-state index in [0.29, 0.717) is 24.6 Å². The van der Waals surface area contributed by atoms with Gasteiger partial charge < -0.3 is 18.8 Å². The molecular formula is C19H19N3O4. The Labute approximate surface area is 150 Å². The second-order valence-corrected chi connectivity index (χ2v) is 6.00. The number of methoxy groups -OCH3 is 2. The molecule has 7 heteroatoms. The van der Waals surface area contributed by atoms with E-state index in [1.807, 2.05) is 36.4 Å². The van der Waals surface area contributed by atoms with Gasteiger partial charge in [-0.25, -0.2) is 0 Å². The van der Waals surface area contributed by atoms with Gasteiger partial charge in [0.15, 0.2) is 0 Å². The summed E-state index contributed by atoms with van der Waals surface area (Å²) in [7, 11) is 3.24. The minimum absolute atomic E-state index is 0.106. The fraction of sp³-hybridized carbons (Fsp3) is 0.263. The molecule has 1 aliphatic heterocycles. The summed E-state index contributed by atoms with van der Waals surface area (Å²) in [5, 5.41) is 7.31. The molecule has 26 heavy (non-hydrogen) atoms. The second kappa shape index (κ2) is 6.68. The van der Waals surface area contributed by atoms with Gasteiger partial charge in [-0.05, 0) is 36.4 Å². The van der Waals surface area contributed by atoms with Gasteiger partial charge in [-0.3, -0.25) is 9.89 Å². The highest BCUT2D eigenvalue weighted by atomic mass is 16.5. The summed E-state index contributed by atoms with van der Waals surface area (Å²) in [6, 6.07) is 11.0. The summed E-state index contributed by atoms with van der Waals surface area (Å²) >= 11 is 0. The maximum absolute atomic E-state index is 12.9. The van der Waals surface area contributed by atoms with E-state index in [-0.39, 0.29) is 11.9 Å². The van der Waals surface area contributed by atoms with E-state index in [2.05, 4.69) is 10.2 Å². The van der Waals surface area contributed by atoms with Gasteiger partial charge in [-0.15, -0.1) is 0 Å². The van der Waals surface area contributed by atoms with E-state index >= 15 is 0 Å². The first-order valence-corrected chi connectivity index (χ1v) is 8.30. The number of aromatic nitrogens is 2. The first-order chi connectivity index (χ1) is 12.7. The zero-order valence-electron chi connectivity index (χ0n) is 14.6. The van der Waals surface area contributed by atoms with E-state index in [0.717, 1.165) is 22.6 Å². The first-order valence-electron chi connectivity index (χ1n) is 8.30. The third kappa shape index (κ3) is 2.57. The number of aromatic amines is 1. The molecular weight excluding hydrogens is 334 g/mol. The van der Waals surface area contributed by atoms with Crippen LogP contribution in [0.3, 0.4) is 0 Å². The number of hydrogen-bond donors (Lipinski definition) is 1. The predicted octanol–water partition coefficient (Wildman–Crippen LogP) is 2.87. The van der Waals surface area contributed by atoms with Gasteiger partial charge in [-0.2, -0.15) is 5.10 Å². The summed E-state index contributed by atoms with van der Waals surface area (Å²) < 4.78 is 16.0. The van der Waals surface area contributed by atoms with E-state index in [1.165, 1.54) is 0 Å². The molecule has 0 radical (unpaired) electrons. The van der Waals surface area contributed by atoms with Gasteiger partial charge in [0.2, 0.25) is 0 Å². The third-order valence-corrected chi connectivity index (χ3v) is 4.58. The Balaban J connectivity index is 1.80. The van der Waals surface area contributed by atoms with E-state index in [9.17, 15) is 4.79 Å². The van der Waals surface area contributed by atoms with Crippen molar-refractivity contribution in [1.29, 1.82) is 0 Å². The standard InChI is InChI=1S/C19H19N3O4/c1-24-11-9-22-18(14-4-3-10-26-14)15-16(20-21-17(15)19(22)23)12-5-7-13(25-2)8-6-12/h3-8,10,18H,9,11H2,1-2H3,(H,20,21)/t18-/m0/s1. The highest BCUT2D eigenvalue weighted by Crippen LogP contribution is 2.42. The quantitative estimate of drug-likeness (QED) is 0.737. The number of benzene rings is 1. The minimum Gasteiger partial charge on any atom is -0.497 e. The molecule has 4 rings (SSSR count). The predicted molar refractivity (Wildman–Crippen MR) is 94.0 cm³/mol. The summed E-state index contributed by atoms with van der Waals surface area (Å²) in [4.78, 5) is 14.6. The Morgan fingerprint density at radius 2 is 2.04 bits per heavy atom. The van der Waals surface area contributed by atoms with Crippen LogP contribution in [0.5, 0.6) is 5.75 Å². The number of ether oxygens (including phenoxy) is 2. The second-order valence-electron chi connectivity index (χ2n) is 6.00. The molecule has 3 aromatic rings. The number of fused-ring (bicyclic) bond motifs is 1. The molecule has 0 unspecified atom stereocenters. The molecule has 1 aromatic carbocycles. The van der Waals surface area contributed by atoms with Crippen LogP contribution in [0.2, 0.25) is 0 Å². The smallest absolute Gasteiger partial charge is 0.273 e. The number of nitrogens with one attached hydrogen (secondary N) is 1. The van der Waals surface area contributed by atoms with Gasteiger partial charge >= 0.3 is 0 Å². The molecule has 2 aromatic heterocycles. The Bertz CT molecular complexity index is 900. The van der Waals surface area contributed by atoms with Gasteiger partial charge in [0.25, 0.3) is 5.91 Å². The van der Waals surface area contributed by atoms with Crippen molar-refractivity contribution in [1.82, 2.24) is 15.1 Å². The summed E-state index contributed by atoms with van der Waals surface area (Å²) in [6.45, 7) is 0.907. The number of H-pyrrole nitrogens is 1. The minimum atomic E-state index is -0.335. The molecule has 1 aliphatic rings. The lowest BCUT2D eigenvalue weighted by Crippen LogP contribution is -2.32. The summed E-state index contributed by atoms with van der Waals surface area (Å²) in [5.41, 5.74) is 2.96. The Morgan fingerprint density at radius 3 is 2.69 bits per heavy atom. The van der Waals surface area contributed by atoms with Crippen molar-refractivity contribution in [2.75, 3.05) is 27.4 Å². The van der Waals surface area contributed by atoms with Crippen molar-refractivity contribution in [2.24, 2.45) is 0 Å². The molecule has 0 spiro atoms. The molecule has 3 heterocycles. The number of amides is 1. The zero-order chi connectivity index (χ0) is 18.1. The maximum atomic E-state index is 12.9. The van der Waals surface area contributed by atoms with E-state index in [1.54, 1.807) is 25.4 Å². The lowest BCUT2D eigenvalue weighted by molar-refractivity contribution is 0.0660. The number of furan rings is 1. The molecule has 0 bridgehead atoms. The van der Waals surface area contributed by atoms with Crippen LogP contribution in [-0.4, -0.2) is 48.4 Å². The maximum Gasteiger partial charge on any atom is 0.273 e. The van der Waals surface area contributed by atoms with Crippen molar-refractivity contribution >= 4 is 5.91 Å². The molecule has 0 fully saturated rings. The van der Waals surface area contributed by atoms with E-state index < -0.39 is 0 Å². The normalized spacial score (nSPS) is 16.2. The molecule has 0 saturated carbocycles. The van der Waals surface area contributed by atoms with Crippen molar-refractivity contribution in [3.05, 3.63) is 59.7 Å². The highest BCUT2D eigenvalue weighted by molar-refractivity contribution is 6.00. The average Bonchev–Trinajstić information content (AvgIpc) is 3.39. The average molecular weight is 353 g/mol. The fourth-order valence-electron chi connectivity index (χ4n) is 3.33. The van der Waals surface area contributed by atoms with Crippen LogP contribution in [0.1, 0.15) is 27.9 Å². The molecule has 0 saturated heterocycles.